The van der Waals surface area contributed by atoms with E-state index in [2.05, 4.69) is 39.6 Å². The molecule has 1 aliphatic carbocycles. The third kappa shape index (κ3) is 7.72. The van der Waals surface area contributed by atoms with Crippen LogP contribution in [0.4, 0.5) is 0 Å². The summed E-state index contributed by atoms with van der Waals surface area (Å²) in [6, 6.07) is 0. The second-order valence-corrected chi connectivity index (χ2v) is 7.21. The highest BCUT2D eigenvalue weighted by molar-refractivity contribution is 5.79. The van der Waals surface area contributed by atoms with E-state index in [0.29, 0.717) is 17.9 Å². The first-order chi connectivity index (χ1) is 12.7. The first kappa shape index (κ1) is 20.7. The summed E-state index contributed by atoms with van der Waals surface area (Å²) < 4.78 is 11.2. The van der Waals surface area contributed by atoms with Gasteiger partial charge in [0.1, 0.15) is 0 Å². The smallest absolute Gasteiger partial charge is 0.226 e. The molecular weight excluding hydrogens is 330 g/mol. The monoisotopic (exact) mass is 365 g/mol. The van der Waals surface area contributed by atoms with Gasteiger partial charge in [-0.25, -0.2) is 0 Å². The van der Waals surface area contributed by atoms with Gasteiger partial charge in [-0.1, -0.05) is 44.7 Å². The number of hydrogen-bond donors (Lipinski definition) is 2. The quantitative estimate of drug-likeness (QED) is 0.303. The van der Waals surface area contributed by atoms with Crippen LogP contribution >= 0.6 is 0 Å². The van der Waals surface area contributed by atoms with Crippen LogP contribution in [0, 0.1) is 0 Å². The number of guanidine groups is 1. The lowest BCUT2D eigenvalue weighted by Gasteiger charge is -2.16. The van der Waals surface area contributed by atoms with Crippen molar-refractivity contribution in [2.24, 2.45) is 4.99 Å². The maximum atomic E-state index is 5.99. The Morgan fingerprint density at radius 2 is 1.92 bits per heavy atom. The van der Waals surface area contributed by atoms with Crippen LogP contribution in [-0.2, 0) is 11.2 Å². The van der Waals surface area contributed by atoms with E-state index >= 15 is 0 Å². The van der Waals surface area contributed by atoms with Gasteiger partial charge in [0.15, 0.2) is 11.8 Å². The first-order valence-corrected chi connectivity index (χ1v) is 10.1. The number of hydrogen-bond acceptors (Lipinski definition) is 5. The highest BCUT2D eigenvalue weighted by Gasteiger charge is 2.12. The third-order valence-electron chi connectivity index (χ3n) is 4.63. The van der Waals surface area contributed by atoms with E-state index in [9.17, 15) is 0 Å². The number of nitrogens with zero attached hydrogens (tertiary/aromatic N) is 3. The molecule has 0 aliphatic heterocycles. The van der Waals surface area contributed by atoms with Crippen molar-refractivity contribution in [3.8, 4) is 0 Å². The largest absolute Gasteiger partial charge is 0.376 e. The Kier molecular flexibility index (Phi) is 9.45. The summed E-state index contributed by atoms with van der Waals surface area (Å²) in [5.74, 6) is 2.59. The summed E-state index contributed by atoms with van der Waals surface area (Å²) in [5.41, 5.74) is 0. The van der Waals surface area contributed by atoms with Gasteiger partial charge in [-0.15, -0.1) is 0 Å². The Labute approximate surface area is 157 Å². The molecule has 1 aromatic rings. The van der Waals surface area contributed by atoms with Crippen molar-refractivity contribution in [1.29, 1.82) is 0 Å². The molecule has 2 N–H and O–H groups in total. The molecule has 7 heteroatoms. The Bertz CT molecular complexity index is 522. The standard InChI is InChI=1S/C19H35N5O2/c1-15(2)18-23-17(26-24-18)11-8-12-21-19(20-3)22-13-14-25-16-9-6-4-5-7-10-16/h15-16H,4-14H2,1-3H3,(H2,20,21,22). The van der Waals surface area contributed by atoms with Gasteiger partial charge in [0.25, 0.3) is 0 Å². The fourth-order valence-electron chi connectivity index (χ4n) is 3.07. The molecule has 26 heavy (non-hydrogen) atoms. The zero-order chi connectivity index (χ0) is 18.6. The van der Waals surface area contributed by atoms with E-state index in [1.165, 1.54) is 38.5 Å². The van der Waals surface area contributed by atoms with E-state index in [1.54, 1.807) is 7.05 Å². The molecule has 1 fully saturated rings. The Morgan fingerprint density at radius 3 is 2.58 bits per heavy atom. The lowest BCUT2D eigenvalue weighted by molar-refractivity contribution is 0.0468. The Morgan fingerprint density at radius 1 is 1.19 bits per heavy atom. The lowest BCUT2D eigenvalue weighted by Crippen LogP contribution is -2.39. The molecule has 0 bridgehead atoms. The summed E-state index contributed by atoms with van der Waals surface area (Å²) in [4.78, 5) is 8.64. The number of nitrogens with one attached hydrogen (secondary N) is 2. The Balaban J connectivity index is 1.54. The molecule has 0 atom stereocenters. The van der Waals surface area contributed by atoms with Crippen LogP contribution in [0.25, 0.3) is 0 Å². The van der Waals surface area contributed by atoms with Gasteiger partial charge < -0.3 is 19.9 Å². The fraction of sp³-hybridized carbons (Fsp3) is 0.842. The van der Waals surface area contributed by atoms with Crippen LogP contribution in [0.2, 0.25) is 0 Å². The van der Waals surface area contributed by atoms with Crippen molar-refractivity contribution in [3.63, 3.8) is 0 Å². The van der Waals surface area contributed by atoms with Crippen LogP contribution in [0.3, 0.4) is 0 Å². The molecule has 0 unspecified atom stereocenters. The van der Waals surface area contributed by atoms with Crippen LogP contribution in [0.1, 0.15) is 76.4 Å². The van der Waals surface area contributed by atoms with Gasteiger partial charge in [0, 0.05) is 32.5 Å². The molecule has 0 aromatic carbocycles. The predicted molar refractivity (Wildman–Crippen MR) is 104 cm³/mol. The first-order valence-electron chi connectivity index (χ1n) is 10.1. The van der Waals surface area contributed by atoms with Crippen LogP contribution in [0.15, 0.2) is 9.52 Å². The molecule has 7 nitrogen and oxygen atoms in total. The molecule has 0 saturated heterocycles. The number of aryl methyl sites for hydroxylation is 1. The summed E-state index contributed by atoms with van der Waals surface area (Å²) in [7, 11) is 1.79. The van der Waals surface area contributed by atoms with Crippen LogP contribution in [-0.4, -0.2) is 48.9 Å². The maximum Gasteiger partial charge on any atom is 0.226 e. The van der Waals surface area contributed by atoms with Crippen molar-refractivity contribution in [2.45, 2.75) is 77.2 Å². The Hall–Kier alpha value is -1.63. The molecule has 0 amide bonds. The van der Waals surface area contributed by atoms with E-state index in [-0.39, 0.29) is 0 Å². The van der Waals surface area contributed by atoms with Crippen LogP contribution in [0.5, 0.6) is 0 Å². The molecule has 0 spiro atoms. The van der Waals surface area contributed by atoms with Gasteiger partial charge in [0.2, 0.25) is 5.89 Å². The molecule has 1 aliphatic rings. The van der Waals surface area contributed by atoms with Gasteiger partial charge in [-0.2, -0.15) is 4.98 Å². The van der Waals surface area contributed by atoms with Gasteiger partial charge in [-0.05, 0) is 19.3 Å². The maximum absolute atomic E-state index is 5.99. The highest BCUT2D eigenvalue weighted by Crippen LogP contribution is 2.19. The molecule has 148 valence electrons. The average molecular weight is 366 g/mol. The average Bonchev–Trinajstić information content (AvgIpc) is 2.96. The second-order valence-electron chi connectivity index (χ2n) is 7.21. The summed E-state index contributed by atoms with van der Waals surface area (Å²) >= 11 is 0. The number of ether oxygens (including phenoxy) is 1. The van der Waals surface area contributed by atoms with Gasteiger partial charge in [0.05, 0.1) is 12.7 Å². The lowest BCUT2D eigenvalue weighted by atomic mass is 10.1. The molecule has 2 rings (SSSR count). The number of rotatable bonds is 9. The SMILES string of the molecule is CN=C(NCCCc1nc(C(C)C)no1)NCCOC1CCCCCC1. The van der Waals surface area contributed by atoms with Gasteiger partial charge in [-0.3, -0.25) is 4.99 Å². The number of aliphatic imine (C=N–C) groups is 1. The van der Waals surface area contributed by atoms with Gasteiger partial charge >= 0.3 is 0 Å². The minimum absolute atomic E-state index is 0.300. The number of aromatic nitrogens is 2. The van der Waals surface area contributed by atoms with Crippen molar-refractivity contribution in [1.82, 2.24) is 20.8 Å². The van der Waals surface area contributed by atoms with E-state index in [1.807, 2.05) is 0 Å². The summed E-state index contributed by atoms with van der Waals surface area (Å²) in [6.07, 6.45) is 9.88. The predicted octanol–water partition coefficient (Wildman–Crippen LogP) is 3.03. The minimum Gasteiger partial charge on any atom is -0.376 e. The summed E-state index contributed by atoms with van der Waals surface area (Å²) in [6.45, 7) is 6.43. The second kappa shape index (κ2) is 11.9. The van der Waals surface area contributed by atoms with Crippen LogP contribution < -0.4 is 10.6 Å². The van der Waals surface area contributed by atoms with E-state index < -0.39 is 0 Å². The van der Waals surface area contributed by atoms with Crippen molar-refractivity contribution in [3.05, 3.63) is 11.7 Å². The minimum atomic E-state index is 0.300. The van der Waals surface area contributed by atoms with Crippen molar-refractivity contribution >= 4 is 5.96 Å². The normalized spacial score (nSPS) is 16.7. The summed E-state index contributed by atoms with van der Waals surface area (Å²) in [5, 5.41) is 10.6. The van der Waals surface area contributed by atoms with E-state index in [0.717, 1.165) is 44.3 Å². The highest BCUT2D eigenvalue weighted by atomic mass is 16.5. The fourth-order valence-corrected chi connectivity index (χ4v) is 3.07. The zero-order valence-corrected chi connectivity index (χ0v) is 16.6. The van der Waals surface area contributed by atoms with E-state index in [4.69, 9.17) is 9.26 Å². The van der Waals surface area contributed by atoms with Crippen molar-refractivity contribution < 1.29 is 9.26 Å². The topological polar surface area (TPSA) is 84.6 Å². The molecular formula is C19H35N5O2. The third-order valence-corrected chi connectivity index (χ3v) is 4.63. The molecule has 1 heterocycles. The molecule has 1 saturated carbocycles. The molecule has 1 aromatic heterocycles. The molecule has 0 radical (unpaired) electrons. The zero-order valence-electron chi connectivity index (χ0n) is 16.6. The van der Waals surface area contributed by atoms with Crippen molar-refractivity contribution in [2.75, 3.05) is 26.7 Å².